The average molecular weight is 461 g/mol. The minimum atomic E-state index is -1.02. The third kappa shape index (κ3) is 6.17. The molecule has 0 saturated carbocycles. The maximum absolute atomic E-state index is 10.4. The molecule has 0 amide bonds. The Bertz CT molecular complexity index is 1130. The van der Waals surface area contributed by atoms with Crippen LogP contribution in [0.3, 0.4) is 0 Å². The van der Waals surface area contributed by atoms with Crippen LogP contribution in [0.4, 0.5) is 0 Å². The van der Waals surface area contributed by atoms with Crippen LogP contribution in [0.2, 0.25) is 0 Å². The molecule has 30 heavy (non-hydrogen) atoms. The molecule has 148 valence electrons. The first-order chi connectivity index (χ1) is 14.6. The molecule has 0 aromatic heterocycles. The summed E-state index contributed by atoms with van der Waals surface area (Å²) in [5.74, 6) is 8.54. The molecule has 2 aromatic carbocycles. The molecule has 0 atom stereocenters. The first-order valence-corrected chi connectivity index (χ1v) is 9.78. The summed E-state index contributed by atoms with van der Waals surface area (Å²) < 4.78 is 11.4. The molecular weight excluding hydrogens is 444 g/mol. The van der Waals surface area contributed by atoms with Crippen LogP contribution in [0.1, 0.15) is 11.1 Å². The maximum atomic E-state index is 10.4. The van der Waals surface area contributed by atoms with Crippen molar-refractivity contribution in [1.82, 2.24) is 0 Å². The number of terminal acetylenes is 1. The van der Waals surface area contributed by atoms with E-state index >= 15 is 0 Å². The van der Waals surface area contributed by atoms with Crippen LogP contribution in [0, 0.1) is 24.2 Å². The predicted molar refractivity (Wildman–Crippen MR) is 119 cm³/mol. The Labute approximate surface area is 183 Å². The van der Waals surface area contributed by atoms with Crippen LogP contribution in [0.25, 0.3) is 11.1 Å². The zero-order valence-corrected chi connectivity index (χ0v) is 17.5. The Morgan fingerprint density at radius 1 is 0.967 bits per heavy atom. The summed E-state index contributed by atoms with van der Waals surface area (Å²) in [5, 5.41) is 8.54. The van der Waals surface area contributed by atoms with Crippen molar-refractivity contribution in [2.45, 2.75) is 0 Å². The highest BCUT2D eigenvalue weighted by atomic mass is 79.9. The van der Waals surface area contributed by atoms with Gasteiger partial charge >= 0.3 is 5.97 Å². The first-order valence-electron chi connectivity index (χ1n) is 8.98. The number of ether oxygens (including phenoxy) is 2. The standard InChI is InChI=1S/C19H13BrO4.C6H4/c1-2-17-14(5-3-7-18(17)20)6-4-12-23-15-8-10-16(11-9-15)24-13-19(21)22;1-2-5-4-6(5)3-1/h1,3,5,7-11H,12-13H2,(H,21,22);1-4H. The van der Waals surface area contributed by atoms with E-state index in [0.717, 1.165) is 10.0 Å². The number of hydrogen-bond acceptors (Lipinski definition) is 3. The topological polar surface area (TPSA) is 55.8 Å². The van der Waals surface area contributed by atoms with Gasteiger partial charge in [0.25, 0.3) is 0 Å². The summed E-state index contributed by atoms with van der Waals surface area (Å²) in [6.45, 7) is -0.179. The van der Waals surface area contributed by atoms with Crippen LogP contribution in [0.15, 0.2) is 71.2 Å². The molecule has 4 nitrogen and oxygen atoms in total. The number of carbonyl (C=O) groups is 1. The van der Waals surface area contributed by atoms with Gasteiger partial charge in [-0.2, -0.15) is 0 Å². The fourth-order valence-corrected chi connectivity index (χ4v) is 2.96. The lowest BCUT2D eigenvalue weighted by atomic mass is 10.1. The minimum absolute atomic E-state index is 0.200. The lowest BCUT2D eigenvalue weighted by Gasteiger charge is -2.05. The third-order valence-electron chi connectivity index (χ3n) is 3.99. The van der Waals surface area contributed by atoms with Gasteiger partial charge in [0.1, 0.15) is 18.1 Å². The average Bonchev–Trinajstić information content (AvgIpc) is 3.35. The van der Waals surface area contributed by atoms with Gasteiger partial charge in [0.05, 0.1) is 5.56 Å². The normalized spacial score (nSPS) is 9.73. The van der Waals surface area contributed by atoms with E-state index in [-0.39, 0.29) is 13.2 Å². The molecule has 0 bridgehead atoms. The van der Waals surface area contributed by atoms with Crippen LogP contribution >= 0.6 is 15.9 Å². The second-order valence-electron chi connectivity index (χ2n) is 6.13. The largest absolute Gasteiger partial charge is 0.482 e. The maximum Gasteiger partial charge on any atom is 0.341 e. The summed E-state index contributed by atoms with van der Waals surface area (Å²) in [6, 6.07) is 20.7. The fourth-order valence-electron chi connectivity index (χ4n) is 2.48. The molecule has 0 unspecified atom stereocenters. The highest BCUT2D eigenvalue weighted by Gasteiger charge is 2.07. The molecule has 2 aliphatic rings. The Balaban J connectivity index is 0.000000357. The van der Waals surface area contributed by atoms with E-state index in [1.807, 2.05) is 18.2 Å². The number of aliphatic carboxylic acids is 1. The van der Waals surface area contributed by atoms with Gasteiger partial charge < -0.3 is 14.6 Å². The molecule has 0 heterocycles. The van der Waals surface area contributed by atoms with E-state index in [1.54, 1.807) is 24.3 Å². The number of benzene rings is 3. The van der Waals surface area contributed by atoms with E-state index in [9.17, 15) is 4.79 Å². The SMILES string of the molecule is C#Cc1c(Br)cccc1C#CCOc1ccc(OCC(=O)O)cc1.c1cc2cc-2c1. The monoisotopic (exact) mass is 460 g/mol. The second-order valence-corrected chi connectivity index (χ2v) is 6.99. The second kappa shape index (κ2) is 10.2. The molecule has 2 aromatic rings. The van der Waals surface area contributed by atoms with E-state index in [2.05, 4.69) is 58.0 Å². The quantitative estimate of drug-likeness (QED) is 0.426. The zero-order chi connectivity index (χ0) is 21.3. The Morgan fingerprint density at radius 3 is 2.13 bits per heavy atom. The Hall–Kier alpha value is -3.67. The molecular formula is C25H17BrO4. The van der Waals surface area contributed by atoms with Crippen molar-refractivity contribution in [3.05, 3.63) is 82.3 Å². The molecule has 0 spiro atoms. The van der Waals surface area contributed by atoms with Gasteiger partial charge in [-0.25, -0.2) is 4.79 Å². The van der Waals surface area contributed by atoms with Gasteiger partial charge in [-0.1, -0.05) is 42.0 Å². The lowest BCUT2D eigenvalue weighted by molar-refractivity contribution is -0.139. The summed E-state index contributed by atoms with van der Waals surface area (Å²) in [6.07, 6.45) is 5.48. The van der Waals surface area contributed by atoms with Gasteiger partial charge in [0.2, 0.25) is 0 Å². The van der Waals surface area contributed by atoms with Crippen molar-refractivity contribution in [1.29, 1.82) is 0 Å². The predicted octanol–water partition coefficient (Wildman–Crippen LogP) is 4.99. The number of rotatable bonds is 5. The third-order valence-corrected chi connectivity index (χ3v) is 4.65. The van der Waals surface area contributed by atoms with Crippen molar-refractivity contribution < 1.29 is 19.4 Å². The summed E-state index contributed by atoms with van der Waals surface area (Å²) in [4.78, 5) is 10.4. The van der Waals surface area contributed by atoms with Gasteiger partial charge in [-0.3, -0.25) is 0 Å². The number of halogens is 1. The van der Waals surface area contributed by atoms with Gasteiger partial charge in [0, 0.05) is 10.0 Å². The summed E-state index contributed by atoms with van der Waals surface area (Å²) in [5.41, 5.74) is 4.32. The van der Waals surface area contributed by atoms with Crippen molar-refractivity contribution >= 4 is 21.9 Å². The van der Waals surface area contributed by atoms with Crippen molar-refractivity contribution in [2.24, 2.45) is 0 Å². The molecule has 4 rings (SSSR count). The first kappa shape index (κ1) is 21.0. The fraction of sp³-hybridized carbons (Fsp3) is 0.0800. The molecule has 0 aliphatic heterocycles. The highest BCUT2D eigenvalue weighted by molar-refractivity contribution is 9.10. The van der Waals surface area contributed by atoms with E-state index < -0.39 is 5.97 Å². The molecule has 5 heteroatoms. The molecule has 0 fully saturated rings. The van der Waals surface area contributed by atoms with Crippen LogP contribution < -0.4 is 9.47 Å². The van der Waals surface area contributed by atoms with Gasteiger partial charge in [-0.05, 0) is 69.5 Å². The number of carboxylic acid groups (broad SMARTS) is 1. The Morgan fingerprint density at radius 2 is 1.60 bits per heavy atom. The van der Waals surface area contributed by atoms with Crippen molar-refractivity contribution in [3.8, 4) is 46.8 Å². The van der Waals surface area contributed by atoms with E-state index in [1.165, 1.54) is 11.1 Å². The molecule has 0 radical (unpaired) electrons. The lowest BCUT2D eigenvalue weighted by Crippen LogP contribution is -2.09. The number of fused-ring (bicyclic) bond motifs is 1. The van der Waals surface area contributed by atoms with Crippen LogP contribution in [0.5, 0.6) is 11.5 Å². The minimum Gasteiger partial charge on any atom is -0.482 e. The number of carboxylic acids is 1. The molecule has 2 aliphatic carbocycles. The van der Waals surface area contributed by atoms with Crippen LogP contribution in [-0.4, -0.2) is 24.3 Å². The van der Waals surface area contributed by atoms with Crippen molar-refractivity contribution in [2.75, 3.05) is 13.2 Å². The van der Waals surface area contributed by atoms with E-state index in [0.29, 0.717) is 17.1 Å². The molecule has 1 N–H and O–H groups in total. The molecule has 0 saturated heterocycles. The smallest absolute Gasteiger partial charge is 0.341 e. The number of hydrogen-bond donors (Lipinski definition) is 1. The van der Waals surface area contributed by atoms with Crippen LogP contribution in [-0.2, 0) is 4.79 Å². The van der Waals surface area contributed by atoms with Gasteiger partial charge in [-0.15, -0.1) is 6.42 Å². The summed E-state index contributed by atoms with van der Waals surface area (Å²) >= 11 is 3.39. The van der Waals surface area contributed by atoms with Gasteiger partial charge in [0.15, 0.2) is 6.61 Å². The van der Waals surface area contributed by atoms with Crippen molar-refractivity contribution in [3.63, 3.8) is 0 Å². The zero-order valence-electron chi connectivity index (χ0n) is 15.9. The summed E-state index contributed by atoms with van der Waals surface area (Å²) in [7, 11) is 0. The Kier molecular flexibility index (Phi) is 7.16. The van der Waals surface area contributed by atoms with E-state index in [4.69, 9.17) is 21.0 Å². The highest BCUT2D eigenvalue weighted by Crippen LogP contribution is 2.32.